The molecule has 0 unspecified atom stereocenters. The lowest BCUT2D eigenvalue weighted by Crippen LogP contribution is -2.15. The van der Waals surface area contributed by atoms with Crippen LogP contribution in [0.3, 0.4) is 0 Å². The second-order valence-corrected chi connectivity index (χ2v) is 8.38. The van der Waals surface area contributed by atoms with Gasteiger partial charge in [0.2, 0.25) is 0 Å². The van der Waals surface area contributed by atoms with Crippen molar-refractivity contribution in [2.75, 3.05) is 0 Å². The lowest BCUT2D eigenvalue weighted by atomic mass is 9.78. The molecule has 2 aromatic rings. The van der Waals surface area contributed by atoms with Crippen molar-refractivity contribution in [2.24, 2.45) is 11.8 Å². The molecule has 0 N–H and O–H groups in total. The molecule has 1 fully saturated rings. The summed E-state index contributed by atoms with van der Waals surface area (Å²) in [5, 5.41) is 0. The van der Waals surface area contributed by atoms with Gasteiger partial charge in [-0.15, -0.1) is 0 Å². The minimum absolute atomic E-state index is 0.962. The summed E-state index contributed by atoms with van der Waals surface area (Å²) in [5.41, 5.74) is 5.46. The molecule has 0 heteroatoms. The third kappa shape index (κ3) is 6.38. The Balaban J connectivity index is 1.45. The van der Waals surface area contributed by atoms with Crippen molar-refractivity contribution in [3.8, 4) is 0 Å². The molecule has 0 radical (unpaired) electrons. The Labute approximate surface area is 166 Å². The highest BCUT2D eigenvalue weighted by Crippen LogP contribution is 2.33. The summed E-state index contributed by atoms with van der Waals surface area (Å²) in [5.74, 6) is 1.99. The summed E-state index contributed by atoms with van der Waals surface area (Å²) in [4.78, 5) is 0. The van der Waals surface area contributed by atoms with Crippen molar-refractivity contribution in [3.05, 3.63) is 70.8 Å². The van der Waals surface area contributed by atoms with Gasteiger partial charge in [0.1, 0.15) is 0 Å². The Hall–Kier alpha value is -1.82. The minimum atomic E-state index is 0.962. The first-order valence-corrected chi connectivity index (χ1v) is 11.1. The van der Waals surface area contributed by atoms with Gasteiger partial charge < -0.3 is 0 Å². The van der Waals surface area contributed by atoms with Crippen molar-refractivity contribution in [2.45, 2.75) is 71.6 Å². The Kier molecular flexibility index (Phi) is 7.75. The summed E-state index contributed by atoms with van der Waals surface area (Å²) in [6.45, 7) is 4.52. The smallest absolute Gasteiger partial charge is 0.0256 e. The van der Waals surface area contributed by atoms with E-state index in [2.05, 4.69) is 74.5 Å². The summed E-state index contributed by atoms with van der Waals surface area (Å²) < 4.78 is 0. The van der Waals surface area contributed by atoms with Crippen molar-refractivity contribution < 1.29 is 0 Å². The molecule has 0 aliphatic heterocycles. The van der Waals surface area contributed by atoms with Crippen molar-refractivity contribution >= 4 is 12.2 Å². The average molecular weight is 361 g/mol. The molecule has 0 heterocycles. The fourth-order valence-electron chi connectivity index (χ4n) is 4.44. The van der Waals surface area contributed by atoms with Gasteiger partial charge in [0.15, 0.2) is 0 Å². The molecule has 27 heavy (non-hydrogen) atoms. The van der Waals surface area contributed by atoms with E-state index >= 15 is 0 Å². The maximum absolute atomic E-state index is 2.33. The topological polar surface area (TPSA) is 0 Å². The highest BCUT2D eigenvalue weighted by atomic mass is 14.3. The van der Waals surface area contributed by atoms with Gasteiger partial charge in [0.25, 0.3) is 0 Å². The fraction of sp³-hybridized carbons (Fsp3) is 0.481. The van der Waals surface area contributed by atoms with Gasteiger partial charge in [-0.3, -0.25) is 0 Å². The summed E-state index contributed by atoms with van der Waals surface area (Å²) >= 11 is 0. The fourth-order valence-corrected chi connectivity index (χ4v) is 4.44. The molecule has 0 spiro atoms. The van der Waals surface area contributed by atoms with Gasteiger partial charge in [-0.25, -0.2) is 0 Å². The van der Waals surface area contributed by atoms with E-state index in [1.54, 1.807) is 0 Å². The number of hydrogen-bond acceptors (Lipinski definition) is 0. The maximum atomic E-state index is 2.33. The first kappa shape index (κ1) is 19.9. The molecule has 0 bridgehead atoms. The van der Waals surface area contributed by atoms with Gasteiger partial charge in [-0.05, 0) is 53.4 Å². The van der Waals surface area contributed by atoms with Crippen molar-refractivity contribution in [3.63, 3.8) is 0 Å². The monoisotopic (exact) mass is 360 g/mol. The molecular weight excluding hydrogens is 324 g/mol. The van der Waals surface area contributed by atoms with Crippen LogP contribution in [0.25, 0.3) is 12.2 Å². The Morgan fingerprint density at radius 3 is 1.63 bits per heavy atom. The average Bonchev–Trinajstić information content (AvgIpc) is 2.73. The van der Waals surface area contributed by atoms with Crippen molar-refractivity contribution in [1.82, 2.24) is 0 Å². The van der Waals surface area contributed by atoms with E-state index in [1.807, 2.05) is 0 Å². The van der Waals surface area contributed by atoms with Crippen LogP contribution in [0.5, 0.6) is 0 Å². The molecule has 3 rings (SSSR count). The van der Waals surface area contributed by atoms with E-state index in [4.69, 9.17) is 0 Å². The molecule has 0 nitrogen and oxygen atoms in total. The first-order valence-electron chi connectivity index (χ1n) is 11.1. The van der Waals surface area contributed by atoms with Crippen LogP contribution in [0.1, 0.15) is 81.0 Å². The lowest BCUT2D eigenvalue weighted by molar-refractivity contribution is 0.252. The molecule has 1 saturated carbocycles. The molecule has 0 aromatic heterocycles. The number of benzene rings is 2. The number of rotatable bonds is 8. The number of hydrogen-bond donors (Lipinski definition) is 0. The lowest BCUT2D eigenvalue weighted by Gasteiger charge is -2.28. The van der Waals surface area contributed by atoms with Crippen LogP contribution in [0.15, 0.2) is 48.5 Å². The SMILES string of the molecule is CCCC1CCC(CCc2ccc(C=Cc3ccc(CC)cc3)cc2)CC1. The van der Waals surface area contributed by atoms with E-state index in [0.717, 1.165) is 18.3 Å². The van der Waals surface area contributed by atoms with Crippen LogP contribution in [0, 0.1) is 11.8 Å². The standard InChI is InChI=1S/C27H36/c1-3-5-23-10-12-25(13-11-23)16-17-27-20-18-26(19-21-27)15-14-24-8-6-22(4-2)7-9-24/h6-9,14-15,18-21,23,25H,3-5,10-13,16-17H2,1-2H3. The van der Waals surface area contributed by atoms with Crippen LogP contribution in [-0.2, 0) is 12.8 Å². The highest BCUT2D eigenvalue weighted by molar-refractivity contribution is 5.69. The normalized spacial score (nSPS) is 20.2. The zero-order valence-corrected chi connectivity index (χ0v) is 17.3. The van der Waals surface area contributed by atoms with Gasteiger partial charge in [0.05, 0.1) is 0 Å². The van der Waals surface area contributed by atoms with E-state index in [1.165, 1.54) is 73.6 Å². The van der Waals surface area contributed by atoms with Crippen LogP contribution in [-0.4, -0.2) is 0 Å². The summed E-state index contributed by atoms with van der Waals surface area (Å²) in [6, 6.07) is 18.0. The first-order chi connectivity index (χ1) is 13.3. The Bertz CT molecular complexity index is 682. The van der Waals surface area contributed by atoms with Gasteiger partial charge in [-0.1, -0.05) is 113 Å². The van der Waals surface area contributed by atoms with Gasteiger partial charge in [0, 0.05) is 0 Å². The Morgan fingerprint density at radius 1 is 0.667 bits per heavy atom. The molecule has 0 saturated heterocycles. The predicted molar refractivity (Wildman–Crippen MR) is 120 cm³/mol. The van der Waals surface area contributed by atoms with Crippen LogP contribution in [0.4, 0.5) is 0 Å². The molecule has 1 aliphatic carbocycles. The van der Waals surface area contributed by atoms with E-state index in [0.29, 0.717) is 0 Å². The summed E-state index contributed by atoms with van der Waals surface area (Å²) in [6.07, 6.45) is 16.8. The van der Waals surface area contributed by atoms with E-state index < -0.39 is 0 Å². The second-order valence-electron chi connectivity index (χ2n) is 8.38. The van der Waals surface area contributed by atoms with Crippen LogP contribution in [0.2, 0.25) is 0 Å². The quantitative estimate of drug-likeness (QED) is 0.419. The second kappa shape index (κ2) is 10.5. The van der Waals surface area contributed by atoms with Crippen LogP contribution >= 0.6 is 0 Å². The van der Waals surface area contributed by atoms with E-state index in [9.17, 15) is 0 Å². The minimum Gasteiger partial charge on any atom is -0.0654 e. The highest BCUT2D eigenvalue weighted by Gasteiger charge is 2.20. The molecule has 144 valence electrons. The Morgan fingerprint density at radius 2 is 1.15 bits per heavy atom. The zero-order valence-electron chi connectivity index (χ0n) is 17.3. The van der Waals surface area contributed by atoms with E-state index in [-0.39, 0.29) is 0 Å². The molecule has 1 aliphatic rings. The largest absolute Gasteiger partial charge is 0.0654 e. The van der Waals surface area contributed by atoms with Crippen LogP contribution < -0.4 is 0 Å². The molecule has 2 aromatic carbocycles. The number of aryl methyl sites for hydroxylation is 2. The predicted octanol–water partition coefficient (Wildman–Crippen LogP) is 7.96. The third-order valence-electron chi connectivity index (χ3n) is 6.34. The molecule has 0 atom stereocenters. The van der Waals surface area contributed by atoms with Gasteiger partial charge in [-0.2, -0.15) is 0 Å². The van der Waals surface area contributed by atoms with Gasteiger partial charge >= 0.3 is 0 Å². The third-order valence-corrected chi connectivity index (χ3v) is 6.34. The maximum Gasteiger partial charge on any atom is -0.0256 e. The molecular formula is C27H36. The molecule has 0 amide bonds. The zero-order chi connectivity index (χ0) is 18.9. The van der Waals surface area contributed by atoms with Crippen molar-refractivity contribution in [1.29, 1.82) is 0 Å². The summed E-state index contributed by atoms with van der Waals surface area (Å²) in [7, 11) is 0.